The van der Waals surface area contributed by atoms with Crippen LogP contribution in [0.3, 0.4) is 0 Å². The number of rotatable bonds is 5. The minimum atomic E-state index is -0.388. The summed E-state index contributed by atoms with van der Waals surface area (Å²) in [5, 5.41) is 10.8. The minimum absolute atomic E-state index is 0.0631. The lowest BCUT2D eigenvalue weighted by Gasteiger charge is -2.22. The number of carbonyl (C=O) groups excluding carboxylic acids is 1. The summed E-state index contributed by atoms with van der Waals surface area (Å²) in [4.78, 5) is 14.6. The second-order valence-electron chi connectivity index (χ2n) is 7.11. The Kier molecular flexibility index (Phi) is 5.86. The van der Waals surface area contributed by atoms with Crippen molar-refractivity contribution in [1.82, 2.24) is 25.3 Å². The summed E-state index contributed by atoms with van der Waals surface area (Å²) in [6.07, 6.45) is 0.732. The van der Waals surface area contributed by atoms with Gasteiger partial charge >= 0.3 is 0 Å². The van der Waals surface area contributed by atoms with Crippen LogP contribution in [0.5, 0.6) is 0 Å². The van der Waals surface area contributed by atoms with Gasteiger partial charge in [-0.25, -0.2) is 0 Å². The molecule has 7 heteroatoms. The van der Waals surface area contributed by atoms with E-state index < -0.39 is 0 Å². The Labute approximate surface area is 143 Å². The molecule has 1 aromatic rings. The van der Waals surface area contributed by atoms with Gasteiger partial charge in [0.05, 0.1) is 24.5 Å². The van der Waals surface area contributed by atoms with Crippen molar-refractivity contribution in [2.75, 3.05) is 32.8 Å². The van der Waals surface area contributed by atoms with E-state index in [1.54, 1.807) is 0 Å². The summed E-state index contributed by atoms with van der Waals surface area (Å²) in [6.45, 7) is 11.1. The molecular weight excluding hydrogens is 306 g/mol. The Morgan fingerprint density at radius 2 is 2.38 bits per heavy atom. The molecule has 0 unspecified atom stereocenters. The smallest absolute Gasteiger partial charge is 0.250 e. The lowest BCUT2D eigenvalue weighted by molar-refractivity contribution is -0.134. The molecule has 1 saturated heterocycles. The van der Waals surface area contributed by atoms with Crippen LogP contribution in [-0.2, 0) is 29.2 Å². The van der Waals surface area contributed by atoms with E-state index in [9.17, 15) is 4.79 Å². The maximum atomic E-state index is 12.1. The number of ether oxygens (including phenoxy) is 1. The van der Waals surface area contributed by atoms with Gasteiger partial charge in [0.25, 0.3) is 5.91 Å². The number of hydrogen-bond donors (Lipinski definition) is 2. The Morgan fingerprint density at radius 1 is 1.50 bits per heavy atom. The van der Waals surface area contributed by atoms with Crippen LogP contribution in [0, 0.1) is 5.92 Å². The Bertz CT molecular complexity index is 551. The van der Waals surface area contributed by atoms with Crippen molar-refractivity contribution in [2.45, 2.75) is 46.0 Å². The molecule has 1 fully saturated rings. The third-order valence-electron chi connectivity index (χ3n) is 4.43. The van der Waals surface area contributed by atoms with Gasteiger partial charge in [-0.05, 0) is 18.4 Å². The van der Waals surface area contributed by atoms with E-state index in [1.165, 1.54) is 5.69 Å². The first-order valence-corrected chi connectivity index (χ1v) is 9.00. The largest absolute Gasteiger partial charge is 0.366 e. The predicted octanol–water partition coefficient (Wildman–Crippen LogP) is 0.349. The molecule has 134 valence electrons. The number of aryl methyl sites for hydroxylation is 1. The molecule has 3 rings (SSSR count). The number of nitrogens with one attached hydrogen (secondary N) is 2. The quantitative estimate of drug-likeness (QED) is 0.812. The van der Waals surface area contributed by atoms with E-state index in [1.807, 2.05) is 0 Å². The average Bonchev–Trinajstić information content (AvgIpc) is 2.85. The fourth-order valence-electron chi connectivity index (χ4n) is 3.37. The van der Waals surface area contributed by atoms with Gasteiger partial charge in [-0.15, -0.1) is 0 Å². The zero-order valence-electron chi connectivity index (χ0n) is 14.8. The molecule has 7 nitrogen and oxygen atoms in total. The Morgan fingerprint density at radius 3 is 3.12 bits per heavy atom. The number of morpholine rings is 1. The summed E-state index contributed by atoms with van der Waals surface area (Å²) in [6, 6.07) is 2.12. The maximum absolute atomic E-state index is 12.1. The third kappa shape index (κ3) is 4.55. The zero-order valence-corrected chi connectivity index (χ0v) is 14.8. The molecule has 0 bridgehead atoms. The van der Waals surface area contributed by atoms with Crippen LogP contribution in [0.2, 0.25) is 0 Å². The second kappa shape index (κ2) is 8.09. The van der Waals surface area contributed by atoms with E-state index >= 15 is 0 Å². The third-order valence-corrected chi connectivity index (χ3v) is 4.43. The fourth-order valence-corrected chi connectivity index (χ4v) is 3.37. The lowest BCUT2D eigenvalue weighted by atomic mass is 10.2. The second-order valence-corrected chi connectivity index (χ2v) is 7.11. The van der Waals surface area contributed by atoms with Gasteiger partial charge in [0, 0.05) is 39.3 Å². The van der Waals surface area contributed by atoms with Gasteiger partial charge in [-0.3, -0.25) is 14.4 Å². The summed E-state index contributed by atoms with van der Waals surface area (Å²) in [7, 11) is 0. The molecule has 24 heavy (non-hydrogen) atoms. The van der Waals surface area contributed by atoms with Crippen molar-refractivity contribution in [3.63, 3.8) is 0 Å². The molecule has 1 amide bonds. The number of nitrogens with zero attached hydrogens (tertiary/aromatic N) is 3. The summed E-state index contributed by atoms with van der Waals surface area (Å²) >= 11 is 0. The van der Waals surface area contributed by atoms with Gasteiger partial charge in [0.15, 0.2) is 0 Å². The van der Waals surface area contributed by atoms with E-state index in [2.05, 4.69) is 45.2 Å². The van der Waals surface area contributed by atoms with Crippen molar-refractivity contribution < 1.29 is 9.53 Å². The monoisotopic (exact) mass is 335 g/mol. The average molecular weight is 335 g/mol. The molecule has 1 aromatic heterocycles. The van der Waals surface area contributed by atoms with Gasteiger partial charge < -0.3 is 15.4 Å². The highest BCUT2D eigenvalue weighted by Gasteiger charge is 2.22. The fraction of sp³-hybridized carbons (Fsp3) is 0.765. The van der Waals surface area contributed by atoms with Crippen molar-refractivity contribution >= 4 is 5.91 Å². The Hall–Kier alpha value is -1.44. The van der Waals surface area contributed by atoms with Crippen LogP contribution < -0.4 is 10.6 Å². The van der Waals surface area contributed by atoms with E-state index in [0.29, 0.717) is 25.6 Å². The predicted molar refractivity (Wildman–Crippen MR) is 91.4 cm³/mol. The van der Waals surface area contributed by atoms with E-state index in [0.717, 1.165) is 44.8 Å². The summed E-state index contributed by atoms with van der Waals surface area (Å²) in [5.41, 5.74) is 2.17. The van der Waals surface area contributed by atoms with Crippen LogP contribution in [0.25, 0.3) is 0 Å². The van der Waals surface area contributed by atoms with Gasteiger partial charge in [-0.1, -0.05) is 13.8 Å². The molecule has 2 aliphatic rings. The van der Waals surface area contributed by atoms with Gasteiger partial charge in [-0.2, -0.15) is 5.10 Å². The normalized spacial score (nSPS) is 22.2. The van der Waals surface area contributed by atoms with Crippen LogP contribution >= 0.6 is 0 Å². The standard InChI is InChI=1S/C17H29N5O2/c1-13(2)11-21-5-3-6-22-15(12-21)8-14(20-22)9-19-17(23)16-10-18-4-7-24-16/h8,13,16,18H,3-7,9-12H2,1-2H3,(H,19,23)/t16-/m0/s1. The highest BCUT2D eigenvalue weighted by Crippen LogP contribution is 2.15. The van der Waals surface area contributed by atoms with Crippen LogP contribution in [0.15, 0.2) is 6.07 Å². The molecule has 2 aliphatic heterocycles. The first-order valence-electron chi connectivity index (χ1n) is 9.00. The first-order chi connectivity index (χ1) is 11.6. The van der Waals surface area contributed by atoms with Gasteiger partial charge in [0.2, 0.25) is 0 Å². The Balaban J connectivity index is 1.55. The van der Waals surface area contributed by atoms with Crippen LogP contribution in [-0.4, -0.2) is 59.5 Å². The number of carbonyl (C=O) groups is 1. The lowest BCUT2D eigenvalue weighted by Crippen LogP contribution is -2.47. The number of hydrogen-bond acceptors (Lipinski definition) is 5. The zero-order chi connectivity index (χ0) is 16.9. The van der Waals surface area contributed by atoms with E-state index in [4.69, 9.17) is 4.74 Å². The van der Waals surface area contributed by atoms with Crippen molar-refractivity contribution in [3.8, 4) is 0 Å². The van der Waals surface area contributed by atoms with Crippen LogP contribution in [0.1, 0.15) is 31.7 Å². The maximum Gasteiger partial charge on any atom is 0.250 e. The van der Waals surface area contributed by atoms with Crippen molar-refractivity contribution in [1.29, 1.82) is 0 Å². The topological polar surface area (TPSA) is 71.4 Å². The highest BCUT2D eigenvalue weighted by atomic mass is 16.5. The highest BCUT2D eigenvalue weighted by molar-refractivity contribution is 5.81. The van der Waals surface area contributed by atoms with Crippen molar-refractivity contribution in [2.24, 2.45) is 5.92 Å². The molecule has 2 N–H and O–H groups in total. The van der Waals surface area contributed by atoms with Gasteiger partial charge in [0.1, 0.15) is 6.10 Å². The number of aromatic nitrogens is 2. The van der Waals surface area contributed by atoms with Crippen molar-refractivity contribution in [3.05, 3.63) is 17.5 Å². The molecule has 0 aliphatic carbocycles. The van der Waals surface area contributed by atoms with Crippen LogP contribution in [0.4, 0.5) is 0 Å². The molecular formula is C17H29N5O2. The molecule has 0 aromatic carbocycles. The minimum Gasteiger partial charge on any atom is -0.366 e. The SMILES string of the molecule is CC(C)CN1CCCn2nc(CNC(=O)[C@@H]3CNCCO3)cc2C1. The molecule has 0 spiro atoms. The molecule has 3 heterocycles. The molecule has 0 saturated carbocycles. The summed E-state index contributed by atoms with van der Waals surface area (Å²) < 4.78 is 7.57. The number of fused-ring (bicyclic) bond motifs is 1. The molecule has 0 radical (unpaired) electrons. The first kappa shape index (κ1) is 17.4. The summed E-state index contributed by atoms with van der Waals surface area (Å²) in [5.74, 6) is 0.606. The van der Waals surface area contributed by atoms with E-state index in [-0.39, 0.29) is 12.0 Å². The number of amides is 1. The molecule has 1 atom stereocenters.